The third kappa shape index (κ3) is 4.87. The second-order valence-electron chi connectivity index (χ2n) is 10.2. The number of fused-ring (bicyclic) bond motifs is 1. The van der Waals surface area contributed by atoms with E-state index in [0.717, 1.165) is 30.5 Å². The van der Waals surface area contributed by atoms with Crippen LogP contribution in [-0.2, 0) is 28.9 Å². The molecule has 36 heavy (non-hydrogen) atoms. The number of likely N-dealkylation sites (tertiary alicyclic amines) is 1. The van der Waals surface area contributed by atoms with E-state index in [9.17, 15) is 18.4 Å². The van der Waals surface area contributed by atoms with Crippen LogP contribution in [0.2, 0.25) is 5.02 Å². The van der Waals surface area contributed by atoms with Gasteiger partial charge in [0.15, 0.2) is 5.69 Å². The van der Waals surface area contributed by atoms with Gasteiger partial charge in [-0.1, -0.05) is 11.6 Å². The van der Waals surface area contributed by atoms with E-state index < -0.39 is 16.7 Å². The van der Waals surface area contributed by atoms with Gasteiger partial charge in [0.05, 0.1) is 12.2 Å². The first-order valence-corrected chi connectivity index (χ1v) is 13.0. The molecule has 10 heteroatoms. The van der Waals surface area contributed by atoms with Crippen LogP contribution in [0.3, 0.4) is 0 Å². The number of amides is 2. The Morgan fingerprint density at radius 1 is 1.06 bits per heavy atom. The summed E-state index contributed by atoms with van der Waals surface area (Å²) in [4.78, 5) is 30.1. The Labute approximate surface area is 214 Å². The fraction of sp³-hybridized carbons (Fsp3) is 0.577. The van der Waals surface area contributed by atoms with Gasteiger partial charge in [-0.05, 0) is 69.6 Å². The highest BCUT2D eigenvalue weighted by Crippen LogP contribution is 2.32. The van der Waals surface area contributed by atoms with Crippen molar-refractivity contribution in [2.45, 2.75) is 70.6 Å². The van der Waals surface area contributed by atoms with Crippen LogP contribution in [0.1, 0.15) is 66.3 Å². The Bertz CT molecular complexity index is 1150. The molecule has 0 radical (unpaired) electrons. The van der Waals surface area contributed by atoms with Gasteiger partial charge in [-0.15, -0.1) is 0 Å². The second-order valence-corrected chi connectivity index (χ2v) is 10.6. The summed E-state index contributed by atoms with van der Waals surface area (Å²) in [6.45, 7) is 6.05. The number of ether oxygens (including phenoxy) is 1. The van der Waals surface area contributed by atoms with Crippen LogP contribution < -0.4 is 0 Å². The van der Waals surface area contributed by atoms with Crippen molar-refractivity contribution in [1.29, 1.82) is 0 Å². The minimum atomic E-state index is -0.760. The number of piperidine rings is 1. The summed E-state index contributed by atoms with van der Waals surface area (Å²) in [6, 6.07) is 2.57. The maximum Gasteiger partial charge on any atom is 0.274 e. The van der Waals surface area contributed by atoms with Crippen LogP contribution in [-0.4, -0.2) is 69.8 Å². The number of carbonyl (C=O) groups is 2. The van der Waals surface area contributed by atoms with Gasteiger partial charge in [-0.25, -0.2) is 8.78 Å². The number of hydrogen-bond donors (Lipinski definition) is 0. The Balaban J connectivity index is 1.25. The summed E-state index contributed by atoms with van der Waals surface area (Å²) in [5.74, 6) is -1.71. The fourth-order valence-corrected chi connectivity index (χ4v) is 5.92. The first-order valence-electron chi connectivity index (χ1n) is 12.7. The van der Waals surface area contributed by atoms with E-state index >= 15 is 0 Å². The molecular formula is C26H31ClF2N4O3. The van der Waals surface area contributed by atoms with Crippen molar-refractivity contribution in [3.8, 4) is 0 Å². The zero-order valence-electron chi connectivity index (χ0n) is 20.6. The van der Waals surface area contributed by atoms with Crippen molar-refractivity contribution < 1.29 is 23.1 Å². The van der Waals surface area contributed by atoms with Crippen molar-refractivity contribution in [3.63, 3.8) is 0 Å². The molecule has 0 bridgehead atoms. The van der Waals surface area contributed by atoms with Crippen molar-refractivity contribution in [1.82, 2.24) is 19.6 Å². The quantitative estimate of drug-likeness (QED) is 0.572. The number of benzene rings is 1. The monoisotopic (exact) mass is 520 g/mol. The van der Waals surface area contributed by atoms with Gasteiger partial charge in [0.1, 0.15) is 23.2 Å². The summed E-state index contributed by atoms with van der Waals surface area (Å²) in [5, 5.41) is 4.13. The zero-order valence-corrected chi connectivity index (χ0v) is 21.4. The molecule has 2 aliphatic heterocycles. The van der Waals surface area contributed by atoms with Gasteiger partial charge in [0.2, 0.25) is 5.91 Å². The average molecular weight is 521 g/mol. The molecule has 194 valence electrons. The smallest absolute Gasteiger partial charge is 0.274 e. The molecule has 0 spiro atoms. The number of rotatable bonds is 4. The zero-order chi connectivity index (χ0) is 25.6. The molecule has 2 fully saturated rings. The van der Waals surface area contributed by atoms with Crippen LogP contribution >= 0.6 is 11.6 Å². The Kier molecular flexibility index (Phi) is 7.05. The molecule has 1 aromatic carbocycles. The predicted molar refractivity (Wildman–Crippen MR) is 130 cm³/mol. The minimum absolute atomic E-state index is 0.0294. The summed E-state index contributed by atoms with van der Waals surface area (Å²) in [5.41, 5.74) is 2.97. The van der Waals surface area contributed by atoms with Crippen LogP contribution in [0, 0.1) is 11.6 Å². The number of aromatic nitrogens is 2. The summed E-state index contributed by atoms with van der Waals surface area (Å²) >= 11 is 5.61. The summed E-state index contributed by atoms with van der Waals surface area (Å²) < 4.78 is 35.2. The summed E-state index contributed by atoms with van der Waals surface area (Å²) in [7, 11) is 0. The number of carbonyl (C=O) groups excluding carboxylic acids is 2. The van der Waals surface area contributed by atoms with E-state index in [4.69, 9.17) is 16.3 Å². The Morgan fingerprint density at radius 3 is 2.33 bits per heavy atom. The Hall–Kier alpha value is -2.52. The topological polar surface area (TPSA) is 67.7 Å². The third-order valence-corrected chi connectivity index (χ3v) is 7.89. The lowest BCUT2D eigenvalue weighted by Crippen LogP contribution is -2.48. The van der Waals surface area contributed by atoms with E-state index in [0.29, 0.717) is 50.3 Å². The number of nitrogens with zero attached hydrogens (tertiary/aromatic N) is 4. The highest BCUT2D eigenvalue weighted by molar-refractivity contribution is 6.30. The molecule has 5 rings (SSSR count). The molecule has 2 atom stereocenters. The maximum absolute atomic E-state index is 13.9. The number of morpholine rings is 1. The SMILES string of the molecule is C[C@@H]1CN(C(=O)c2nn(CC(=O)N3CCC(c4cc(F)c(Cl)c(F)c4)CC3)c3c2CCC3)C[C@H](C)O1. The molecule has 0 unspecified atom stereocenters. The molecule has 0 N–H and O–H groups in total. The van der Waals surface area contributed by atoms with Gasteiger partial charge in [0.25, 0.3) is 5.91 Å². The van der Waals surface area contributed by atoms with Gasteiger partial charge in [-0.2, -0.15) is 5.10 Å². The van der Waals surface area contributed by atoms with Crippen LogP contribution in [0.5, 0.6) is 0 Å². The number of halogens is 3. The number of hydrogen-bond acceptors (Lipinski definition) is 4. The molecular weight excluding hydrogens is 490 g/mol. The van der Waals surface area contributed by atoms with E-state index in [1.165, 1.54) is 12.1 Å². The largest absolute Gasteiger partial charge is 0.372 e. The van der Waals surface area contributed by atoms with E-state index in [1.807, 2.05) is 13.8 Å². The molecule has 0 saturated carbocycles. The second kappa shape index (κ2) is 10.1. The molecule has 1 aliphatic carbocycles. The standard InChI is InChI=1S/C26H31ClF2N4O3/c1-15-12-32(13-16(2)36-15)26(35)25-19-4-3-5-22(19)33(30-25)14-23(34)31-8-6-17(7-9-31)18-10-20(28)24(27)21(29)11-18/h10-11,15-17H,3-9,12-14H2,1-2H3/t15-,16+. The molecule has 1 aromatic heterocycles. The highest BCUT2D eigenvalue weighted by atomic mass is 35.5. The predicted octanol–water partition coefficient (Wildman–Crippen LogP) is 3.96. The normalized spacial score (nSPS) is 22.7. The van der Waals surface area contributed by atoms with Gasteiger partial charge >= 0.3 is 0 Å². The van der Waals surface area contributed by atoms with Gasteiger partial charge in [0, 0.05) is 37.4 Å². The third-order valence-electron chi connectivity index (χ3n) is 7.53. The van der Waals surface area contributed by atoms with Crippen LogP contribution in [0.4, 0.5) is 8.78 Å². The molecule has 7 nitrogen and oxygen atoms in total. The van der Waals surface area contributed by atoms with Gasteiger partial charge < -0.3 is 14.5 Å². The first kappa shape index (κ1) is 25.1. The Morgan fingerprint density at radius 2 is 1.69 bits per heavy atom. The van der Waals surface area contributed by atoms with E-state index in [1.54, 1.807) is 14.5 Å². The first-order chi connectivity index (χ1) is 17.2. The molecule has 2 amide bonds. The minimum Gasteiger partial charge on any atom is -0.372 e. The fourth-order valence-electron chi connectivity index (χ4n) is 5.81. The maximum atomic E-state index is 13.9. The highest BCUT2D eigenvalue weighted by Gasteiger charge is 2.34. The lowest BCUT2D eigenvalue weighted by atomic mass is 9.89. The van der Waals surface area contributed by atoms with E-state index in [2.05, 4.69) is 5.10 Å². The lowest BCUT2D eigenvalue weighted by molar-refractivity contribution is -0.133. The average Bonchev–Trinajstić information content (AvgIpc) is 3.45. The lowest BCUT2D eigenvalue weighted by Gasteiger charge is -2.35. The van der Waals surface area contributed by atoms with E-state index in [-0.39, 0.29) is 36.5 Å². The summed E-state index contributed by atoms with van der Waals surface area (Å²) in [6.07, 6.45) is 3.70. The van der Waals surface area contributed by atoms with Crippen molar-refractivity contribution >= 4 is 23.4 Å². The molecule has 3 aliphatic rings. The van der Waals surface area contributed by atoms with Crippen molar-refractivity contribution in [2.75, 3.05) is 26.2 Å². The van der Waals surface area contributed by atoms with Crippen molar-refractivity contribution in [2.24, 2.45) is 0 Å². The molecule has 2 aromatic rings. The molecule has 3 heterocycles. The van der Waals surface area contributed by atoms with Crippen LogP contribution in [0.25, 0.3) is 0 Å². The van der Waals surface area contributed by atoms with Crippen LogP contribution in [0.15, 0.2) is 12.1 Å². The van der Waals surface area contributed by atoms with Gasteiger partial charge in [-0.3, -0.25) is 14.3 Å². The van der Waals surface area contributed by atoms with Crippen molar-refractivity contribution in [3.05, 3.63) is 51.3 Å². The molecule has 2 saturated heterocycles.